The summed E-state index contributed by atoms with van der Waals surface area (Å²) in [5, 5.41) is 21.0. The van der Waals surface area contributed by atoms with E-state index in [2.05, 4.69) is 30.1 Å². The van der Waals surface area contributed by atoms with Gasteiger partial charge in [0.2, 0.25) is 5.91 Å². The van der Waals surface area contributed by atoms with Crippen molar-refractivity contribution in [2.75, 3.05) is 26.7 Å². The van der Waals surface area contributed by atoms with Crippen LogP contribution in [0, 0.1) is 22.7 Å². The molecule has 0 saturated carbocycles. The number of carbonyl (C=O) groups is 1. The topological polar surface area (TPSA) is 109 Å². The standard InChI is InChI=1S/C23H32N6O/c1-15-4-9-20(27-3)21(15)22(26)29-11-10-28(14-16(29)2)23(30)19(25)12-17-5-7-18(13-24)8-6-17/h5-8,15-16,19,26-27H,4,9-12,14,25H2,1-3H3/t15?,16-,19+/m0/s1. The van der Waals surface area contributed by atoms with Crippen LogP contribution in [0.25, 0.3) is 0 Å². The minimum absolute atomic E-state index is 0.0539. The molecule has 7 heteroatoms. The van der Waals surface area contributed by atoms with Gasteiger partial charge in [-0.05, 0) is 49.8 Å². The number of hydrogen-bond acceptors (Lipinski definition) is 5. The lowest BCUT2D eigenvalue weighted by Crippen LogP contribution is -2.58. The molecule has 1 aromatic rings. The molecule has 0 spiro atoms. The Hall–Kier alpha value is -2.85. The van der Waals surface area contributed by atoms with Crippen molar-refractivity contribution < 1.29 is 4.79 Å². The van der Waals surface area contributed by atoms with Crippen LogP contribution in [0.5, 0.6) is 0 Å². The zero-order chi connectivity index (χ0) is 21.8. The molecule has 160 valence electrons. The van der Waals surface area contributed by atoms with Gasteiger partial charge in [-0.3, -0.25) is 10.2 Å². The fourth-order valence-electron chi connectivity index (χ4n) is 4.51. The largest absolute Gasteiger partial charge is 0.391 e. The summed E-state index contributed by atoms with van der Waals surface area (Å²) in [4.78, 5) is 16.9. The zero-order valence-corrected chi connectivity index (χ0v) is 18.1. The molecule has 4 N–H and O–H groups in total. The molecule has 3 atom stereocenters. The molecule has 1 aliphatic heterocycles. The number of nitrogens with zero attached hydrogens (tertiary/aromatic N) is 3. The van der Waals surface area contributed by atoms with Gasteiger partial charge in [0.15, 0.2) is 0 Å². The van der Waals surface area contributed by atoms with E-state index in [0.29, 0.717) is 43.4 Å². The van der Waals surface area contributed by atoms with Gasteiger partial charge in [-0.15, -0.1) is 0 Å². The third kappa shape index (κ3) is 4.49. The second-order valence-corrected chi connectivity index (χ2v) is 8.38. The van der Waals surface area contributed by atoms with E-state index < -0.39 is 6.04 Å². The summed E-state index contributed by atoms with van der Waals surface area (Å²) in [6.07, 6.45) is 2.52. The van der Waals surface area contributed by atoms with E-state index in [-0.39, 0.29) is 11.9 Å². The van der Waals surface area contributed by atoms with Gasteiger partial charge in [0.05, 0.1) is 17.7 Å². The lowest BCUT2D eigenvalue weighted by molar-refractivity contribution is -0.134. The predicted octanol–water partition coefficient (Wildman–Crippen LogP) is 1.84. The van der Waals surface area contributed by atoms with Gasteiger partial charge in [-0.25, -0.2) is 0 Å². The van der Waals surface area contributed by atoms with Gasteiger partial charge in [0.1, 0.15) is 5.84 Å². The monoisotopic (exact) mass is 408 g/mol. The number of nitriles is 1. The molecule has 1 aromatic carbocycles. The van der Waals surface area contributed by atoms with Crippen LogP contribution in [0.15, 0.2) is 35.5 Å². The van der Waals surface area contributed by atoms with Crippen LogP contribution in [0.3, 0.4) is 0 Å². The molecule has 0 radical (unpaired) electrons. The number of nitrogens with one attached hydrogen (secondary N) is 2. The van der Waals surface area contributed by atoms with E-state index in [0.717, 1.165) is 24.0 Å². The Balaban J connectivity index is 1.60. The molecule has 1 heterocycles. The first-order valence-electron chi connectivity index (χ1n) is 10.7. The molecule has 0 bridgehead atoms. The van der Waals surface area contributed by atoms with Gasteiger partial charge in [-0.1, -0.05) is 19.1 Å². The number of hydrogen-bond donors (Lipinski definition) is 3. The molecule has 2 aliphatic rings. The molecule has 0 aromatic heterocycles. The number of carbonyl (C=O) groups excluding carboxylic acids is 1. The Bertz CT molecular complexity index is 869. The highest BCUT2D eigenvalue weighted by Gasteiger charge is 2.34. The summed E-state index contributed by atoms with van der Waals surface area (Å²) in [5.74, 6) is 0.917. The van der Waals surface area contributed by atoms with Crippen molar-refractivity contribution in [2.24, 2.45) is 11.7 Å². The third-order valence-electron chi connectivity index (χ3n) is 6.28. The van der Waals surface area contributed by atoms with Crippen LogP contribution in [0.4, 0.5) is 0 Å². The van der Waals surface area contributed by atoms with Crippen LogP contribution in [-0.2, 0) is 11.2 Å². The van der Waals surface area contributed by atoms with Crippen molar-refractivity contribution in [1.29, 1.82) is 10.7 Å². The van der Waals surface area contributed by atoms with Crippen LogP contribution >= 0.6 is 0 Å². The van der Waals surface area contributed by atoms with Gasteiger partial charge < -0.3 is 20.9 Å². The first-order valence-corrected chi connectivity index (χ1v) is 10.7. The minimum atomic E-state index is -0.607. The van der Waals surface area contributed by atoms with Crippen molar-refractivity contribution >= 4 is 11.7 Å². The fraction of sp³-hybridized carbons (Fsp3) is 0.522. The van der Waals surface area contributed by atoms with Crippen molar-refractivity contribution in [3.05, 3.63) is 46.7 Å². The number of rotatable bonds is 5. The lowest BCUT2D eigenvalue weighted by Gasteiger charge is -2.42. The predicted molar refractivity (Wildman–Crippen MR) is 118 cm³/mol. The van der Waals surface area contributed by atoms with Gasteiger partial charge in [0.25, 0.3) is 0 Å². The summed E-state index contributed by atoms with van der Waals surface area (Å²) in [7, 11) is 1.93. The second kappa shape index (κ2) is 9.31. The maximum Gasteiger partial charge on any atom is 0.239 e. The first-order chi connectivity index (χ1) is 14.3. The molecule has 1 fully saturated rings. The van der Waals surface area contributed by atoms with Crippen LogP contribution in [0.2, 0.25) is 0 Å². The van der Waals surface area contributed by atoms with E-state index in [1.807, 2.05) is 24.1 Å². The highest BCUT2D eigenvalue weighted by molar-refractivity contribution is 5.98. The third-order valence-corrected chi connectivity index (χ3v) is 6.28. The summed E-state index contributed by atoms with van der Waals surface area (Å²) in [6, 6.07) is 8.75. The molecular weight excluding hydrogens is 376 g/mol. The van der Waals surface area contributed by atoms with Crippen LogP contribution < -0.4 is 11.1 Å². The van der Waals surface area contributed by atoms with E-state index >= 15 is 0 Å². The molecular formula is C23H32N6O. The molecule has 3 rings (SSSR count). The van der Waals surface area contributed by atoms with Gasteiger partial charge in [0, 0.05) is 44.0 Å². The van der Waals surface area contributed by atoms with Crippen molar-refractivity contribution in [1.82, 2.24) is 15.1 Å². The molecule has 1 amide bonds. The van der Waals surface area contributed by atoms with E-state index in [9.17, 15) is 4.79 Å². The zero-order valence-electron chi connectivity index (χ0n) is 18.1. The average Bonchev–Trinajstić information content (AvgIpc) is 3.13. The number of amides is 1. The number of amidine groups is 1. The number of benzene rings is 1. The van der Waals surface area contributed by atoms with E-state index in [1.165, 1.54) is 5.70 Å². The van der Waals surface area contributed by atoms with Crippen molar-refractivity contribution in [3.63, 3.8) is 0 Å². The second-order valence-electron chi connectivity index (χ2n) is 8.38. The van der Waals surface area contributed by atoms with Gasteiger partial charge >= 0.3 is 0 Å². The summed E-state index contributed by atoms with van der Waals surface area (Å²) < 4.78 is 0. The summed E-state index contributed by atoms with van der Waals surface area (Å²) >= 11 is 0. The maximum absolute atomic E-state index is 12.9. The summed E-state index contributed by atoms with van der Waals surface area (Å²) in [6.45, 7) is 6.03. The maximum atomic E-state index is 12.9. The SMILES string of the molecule is CNC1=C(C(=N)N2CCN(C(=O)[C@H](N)Cc3ccc(C#N)cc3)C[C@@H]2C)C(C)CC1. The minimum Gasteiger partial charge on any atom is -0.391 e. The molecule has 7 nitrogen and oxygen atoms in total. The highest BCUT2D eigenvalue weighted by atomic mass is 16.2. The Morgan fingerprint density at radius 1 is 1.33 bits per heavy atom. The highest BCUT2D eigenvalue weighted by Crippen LogP contribution is 2.32. The first kappa shape index (κ1) is 21.8. The Kier molecular flexibility index (Phi) is 6.78. The van der Waals surface area contributed by atoms with E-state index in [4.69, 9.17) is 16.4 Å². The number of piperazine rings is 1. The van der Waals surface area contributed by atoms with Crippen LogP contribution in [0.1, 0.15) is 37.8 Å². The normalized spacial score (nSPS) is 22.6. The number of nitrogens with two attached hydrogens (primary N) is 1. The fourth-order valence-corrected chi connectivity index (χ4v) is 4.51. The Morgan fingerprint density at radius 2 is 2.03 bits per heavy atom. The number of allylic oxidation sites excluding steroid dienone is 1. The van der Waals surface area contributed by atoms with E-state index in [1.54, 1.807) is 12.1 Å². The smallest absolute Gasteiger partial charge is 0.239 e. The molecule has 30 heavy (non-hydrogen) atoms. The Labute approximate surface area is 179 Å². The van der Waals surface area contributed by atoms with Crippen LogP contribution in [-0.4, -0.2) is 60.3 Å². The molecule has 1 unspecified atom stereocenters. The van der Waals surface area contributed by atoms with Gasteiger partial charge in [-0.2, -0.15) is 5.26 Å². The van der Waals surface area contributed by atoms with Crippen molar-refractivity contribution in [2.45, 2.75) is 45.2 Å². The average molecular weight is 409 g/mol. The Morgan fingerprint density at radius 3 is 2.63 bits per heavy atom. The lowest BCUT2D eigenvalue weighted by atomic mass is 10.00. The molecule has 1 aliphatic carbocycles. The molecule has 1 saturated heterocycles. The quantitative estimate of drug-likeness (QED) is 0.509. The van der Waals surface area contributed by atoms with Crippen molar-refractivity contribution in [3.8, 4) is 6.07 Å². The summed E-state index contributed by atoms with van der Waals surface area (Å²) in [5.41, 5.74) is 10.0.